The van der Waals surface area contributed by atoms with Crippen molar-refractivity contribution in [3.63, 3.8) is 0 Å². The molecule has 1 amide bonds. The monoisotopic (exact) mass is 381 g/mol. The van der Waals surface area contributed by atoms with E-state index in [-0.39, 0.29) is 11.3 Å². The number of carbonyl (C=O) groups excluding carboxylic acids is 1. The first kappa shape index (κ1) is 18.8. The van der Waals surface area contributed by atoms with Gasteiger partial charge in [-0.3, -0.25) is 4.79 Å². The molecule has 1 aliphatic heterocycles. The van der Waals surface area contributed by atoms with Crippen LogP contribution in [-0.4, -0.2) is 32.8 Å². The van der Waals surface area contributed by atoms with E-state index in [9.17, 15) is 4.79 Å². The molecule has 5 nitrogen and oxygen atoms in total. The summed E-state index contributed by atoms with van der Waals surface area (Å²) in [6.45, 7) is 2.30. The van der Waals surface area contributed by atoms with E-state index in [1.807, 2.05) is 30.3 Å². The second-order valence-corrected chi connectivity index (χ2v) is 7.66. The van der Waals surface area contributed by atoms with Gasteiger partial charge in [0.1, 0.15) is 13.2 Å². The van der Waals surface area contributed by atoms with Gasteiger partial charge >= 0.3 is 0 Å². The summed E-state index contributed by atoms with van der Waals surface area (Å²) in [7, 11) is 1.66. The standard InChI is InChI=1S/C23H27NO4/c1-26-15-17-5-4-6-18(13-17)22(25)24-16-23(9-2-3-10-23)19-7-8-20-21(14-19)28-12-11-27-20/h4-8,13-14H,2-3,9-12,15-16H2,1H3,(H,24,25). The van der Waals surface area contributed by atoms with Gasteiger partial charge in [-0.1, -0.05) is 31.0 Å². The largest absolute Gasteiger partial charge is 0.486 e. The number of rotatable bonds is 6. The summed E-state index contributed by atoms with van der Waals surface area (Å²) >= 11 is 0. The third kappa shape index (κ3) is 3.85. The summed E-state index contributed by atoms with van der Waals surface area (Å²) in [5.41, 5.74) is 2.85. The van der Waals surface area contributed by atoms with Gasteiger partial charge in [0.05, 0.1) is 6.61 Å². The zero-order valence-corrected chi connectivity index (χ0v) is 16.3. The molecule has 0 aromatic heterocycles. The molecule has 1 fully saturated rings. The highest BCUT2D eigenvalue weighted by Gasteiger charge is 2.36. The minimum Gasteiger partial charge on any atom is -0.486 e. The molecule has 2 aromatic carbocycles. The highest BCUT2D eigenvalue weighted by atomic mass is 16.6. The molecule has 0 saturated heterocycles. The Balaban J connectivity index is 1.51. The number of fused-ring (bicyclic) bond motifs is 1. The molecule has 0 bridgehead atoms. The molecular weight excluding hydrogens is 354 g/mol. The van der Waals surface area contributed by atoms with Crippen LogP contribution in [0.5, 0.6) is 11.5 Å². The summed E-state index contributed by atoms with van der Waals surface area (Å²) in [6.07, 6.45) is 4.48. The maximum absolute atomic E-state index is 12.8. The molecule has 0 unspecified atom stereocenters. The molecular formula is C23H27NO4. The van der Waals surface area contributed by atoms with Crippen molar-refractivity contribution in [1.29, 1.82) is 0 Å². The lowest BCUT2D eigenvalue weighted by molar-refractivity contribution is 0.0942. The lowest BCUT2D eigenvalue weighted by Crippen LogP contribution is -2.39. The molecule has 1 saturated carbocycles. The van der Waals surface area contributed by atoms with E-state index in [0.717, 1.165) is 29.9 Å². The number of carbonyl (C=O) groups is 1. The SMILES string of the molecule is COCc1cccc(C(=O)NCC2(c3ccc4c(c3)OCCO4)CCCC2)c1. The minimum absolute atomic E-state index is 0.0400. The third-order valence-corrected chi connectivity index (χ3v) is 5.80. The zero-order chi connectivity index (χ0) is 19.4. The Morgan fingerprint density at radius 2 is 1.86 bits per heavy atom. The number of hydrogen-bond acceptors (Lipinski definition) is 4. The Kier molecular flexibility index (Phi) is 5.53. The maximum Gasteiger partial charge on any atom is 0.251 e. The predicted octanol–water partition coefficient (Wildman–Crippen LogP) is 3.85. The Hall–Kier alpha value is -2.53. The van der Waals surface area contributed by atoms with Gasteiger partial charge < -0.3 is 19.5 Å². The average Bonchev–Trinajstić information content (AvgIpc) is 3.22. The van der Waals surface area contributed by atoms with Crippen LogP contribution < -0.4 is 14.8 Å². The number of ether oxygens (including phenoxy) is 3. The van der Waals surface area contributed by atoms with Crippen molar-refractivity contribution in [3.05, 3.63) is 59.2 Å². The third-order valence-electron chi connectivity index (χ3n) is 5.80. The Bertz CT molecular complexity index is 842. The van der Waals surface area contributed by atoms with Gasteiger partial charge in [0.25, 0.3) is 5.91 Å². The molecule has 5 heteroatoms. The van der Waals surface area contributed by atoms with E-state index >= 15 is 0 Å². The first-order chi connectivity index (χ1) is 13.7. The van der Waals surface area contributed by atoms with E-state index in [1.165, 1.54) is 18.4 Å². The maximum atomic E-state index is 12.8. The summed E-state index contributed by atoms with van der Waals surface area (Å²) in [5, 5.41) is 3.18. The quantitative estimate of drug-likeness (QED) is 0.826. The van der Waals surface area contributed by atoms with Crippen LogP contribution >= 0.6 is 0 Å². The number of amides is 1. The Morgan fingerprint density at radius 1 is 1.07 bits per heavy atom. The normalized spacial score (nSPS) is 17.3. The fraction of sp³-hybridized carbons (Fsp3) is 0.435. The summed E-state index contributed by atoms with van der Waals surface area (Å²) < 4.78 is 16.6. The van der Waals surface area contributed by atoms with E-state index in [1.54, 1.807) is 7.11 Å². The first-order valence-electron chi connectivity index (χ1n) is 9.96. The van der Waals surface area contributed by atoms with Crippen molar-refractivity contribution < 1.29 is 19.0 Å². The van der Waals surface area contributed by atoms with Crippen molar-refractivity contribution in [3.8, 4) is 11.5 Å². The van der Waals surface area contributed by atoms with Crippen molar-refractivity contribution >= 4 is 5.91 Å². The number of hydrogen-bond donors (Lipinski definition) is 1. The van der Waals surface area contributed by atoms with Crippen molar-refractivity contribution in [2.75, 3.05) is 26.9 Å². The summed E-state index contributed by atoms with van der Waals surface area (Å²) in [4.78, 5) is 12.8. The van der Waals surface area contributed by atoms with Crippen LogP contribution in [0.15, 0.2) is 42.5 Å². The predicted molar refractivity (Wildman–Crippen MR) is 107 cm³/mol. The van der Waals surface area contributed by atoms with Gasteiger partial charge in [0.2, 0.25) is 0 Å². The van der Waals surface area contributed by atoms with Crippen LogP contribution in [0.25, 0.3) is 0 Å². The van der Waals surface area contributed by atoms with Crippen LogP contribution in [0.3, 0.4) is 0 Å². The van der Waals surface area contributed by atoms with Gasteiger partial charge in [-0.25, -0.2) is 0 Å². The van der Waals surface area contributed by atoms with Crippen LogP contribution in [0.4, 0.5) is 0 Å². The summed E-state index contributed by atoms with van der Waals surface area (Å²) in [5.74, 6) is 1.58. The van der Waals surface area contributed by atoms with Crippen molar-refractivity contribution in [1.82, 2.24) is 5.32 Å². The van der Waals surface area contributed by atoms with Gasteiger partial charge in [0.15, 0.2) is 11.5 Å². The second-order valence-electron chi connectivity index (χ2n) is 7.66. The zero-order valence-electron chi connectivity index (χ0n) is 16.3. The van der Waals surface area contributed by atoms with Crippen molar-refractivity contribution in [2.45, 2.75) is 37.7 Å². The van der Waals surface area contributed by atoms with E-state index < -0.39 is 0 Å². The number of methoxy groups -OCH3 is 1. The minimum atomic E-state index is -0.0460. The lowest BCUT2D eigenvalue weighted by Gasteiger charge is -2.31. The molecule has 1 N–H and O–H groups in total. The molecule has 0 radical (unpaired) electrons. The Morgan fingerprint density at radius 3 is 2.64 bits per heavy atom. The van der Waals surface area contributed by atoms with Crippen LogP contribution in [0, 0.1) is 0 Å². The summed E-state index contributed by atoms with van der Waals surface area (Å²) in [6, 6.07) is 13.8. The molecule has 0 atom stereocenters. The fourth-order valence-corrected chi connectivity index (χ4v) is 4.31. The highest BCUT2D eigenvalue weighted by molar-refractivity contribution is 5.94. The molecule has 1 aliphatic carbocycles. The van der Waals surface area contributed by atoms with Crippen LogP contribution in [0.1, 0.15) is 47.2 Å². The van der Waals surface area contributed by atoms with Gasteiger partial charge in [-0.2, -0.15) is 0 Å². The van der Waals surface area contributed by atoms with E-state index in [2.05, 4.69) is 17.4 Å². The molecule has 2 aromatic rings. The molecule has 4 rings (SSSR count). The molecule has 28 heavy (non-hydrogen) atoms. The second kappa shape index (κ2) is 8.23. The number of nitrogens with one attached hydrogen (secondary N) is 1. The van der Waals surface area contributed by atoms with E-state index in [4.69, 9.17) is 14.2 Å². The van der Waals surface area contributed by atoms with E-state index in [0.29, 0.717) is 31.9 Å². The topological polar surface area (TPSA) is 56.8 Å². The van der Waals surface area contributed by atoms with Gasteiger partial charge in [-0.15, -0.1) is 0 Å². The first-order valence-corrected chi connectivity index (χ1v) is 9.96. The van der Waals surface area contributed by atoms with Gasteiger partial charge in [-0.05, 0) is 48.2 Å². The smallest absolute Gasteiger partial charge is 0.251 e. The Labute approximate surface area is 166 Å². The molecule has 1 heterocycles. The number of benzene rings is 2. The highest BCUT2D eigenvalue weighted by Crippen LogP contribution is 2.43. The lowest BCUT2D eigenvalue weighted by atomic mass is 9.78. The van der Waals surface area contributed by atoms with Crippen LogP contribution in [0.2, 0.25) is 0 Å². The average molecular weight is 381 g/mol. The van der Waals surface area contributed by atoms with Crippen molar-refractivity contribution in [2.24, 2.45) is 0 Å². The molecule has 148 valence electrons. The fourth-order valence-electron chi connectivity index (χ4n) is 4.31. The van der Waals surface area contributed by atoms with Crippen LogP contribution in [-0.2, 0) is 16.8 Å². The van der Waals surface area contributed by atoms with Gasteiger partial charge in [0, 0.05) is 24.6 Å². The molecule has 2 aliphatic rings. The molecule has 0 spiro atoms.